The monoisotopic (exact) mass is 398 g/mol. The molecule has 2 aliphatic carbocycles. The highest BCUT2D eigenvalue weighted by molar-refractivity contribution is 5.86. The van der Waals surface area contributed by atoms with Crippen LogP contribution in [0.2, 0.25) is 0 Å². The van der Waals surface area contributed by atoms with Crippen LogP contribution in [0.3, 0.4) is 0 Å². The maximum atomic E-state index is 13.6. The molecular formula is C23H27ClN2O2. The highest BCUT2D eigenvalue weighted by Gasteiger charge is 2.62. The number of piperazine rings is 1. The Hall–Kier alpha value is -2.04. The number of amides is 1. The first kappa shape index (κ1) is 19.3. The fourth-order valence-electron chi connectivity index (χ4n) is 5.31. The molecule has 148 valence electrons. The Morgan fingerprint density at radius 1 is 1.18 bits per heavy atom. The molecule has 1 spiro atoms. The van der Waals surface area contributed by atoms with Crippen LogP contribution in [0.15, 0.2) is 48.5 Å². The summed E-state index contributed by atoms with van der Waals surface area (Å²) in [6.07, 6.45) is 3.23. The molecule has 0 bridgehead atoms. The molecule has 1 aliphatic heterocycles. The maximum absolute atomic E-state index is 13.6. The van der Waals surface area contributed by atoms with Gasteiger partial charge in [-0.15, -0.1) is 12.4 Å². The molecule has 2 fully saturated rings. The molecular weight excluding hydrogens is 372 g/mol. The van der Waals surface area contributed by atoms with E-state index >= 15 is 0 Å². The number of para-hydroxylation sites is 1. The van der Waals surface area contributed by atoms with Crippen molar-refractivity contribution in [2.45, 2.75) is 30.7 Å². The summed E-state index contributed by atoms with van der Waals surface area (Å²) in [5.41, 5.74) is 4.06. The van der Waals surface area contributed by atoms with Gasteiger partial charge in [0.1, 0.15) is 5.75 Å². The number of benzene rings is 2. The smallest absolute Gasteiger partial charge is 0.227 e. The van der Waals surface area contributed by atoms with E-state index in [1.807, 2.05) is 18.2 Å². The molecule has 1 N–H and O–H groups in total. The predicted molar refractivity (Wildman–Crippen MR) is 112 cm³/mol. The van der Waals surface area contributed by atoms with Gasteiger partial charge in [0.05, 0.1) is 13.2 Å². The Bertz CT molecular complexity index is 886. The van der Waals surface area contributed by atoms with Gasteiger partial charge >= 0.3 is 0 Å². The Morgan fingerprint density at radius 3 is 2.82 bits per heavy atom. The third-order valence-electron chi connectivity index (χ3n) is 6.79. The summed E-state index contributed by atoms with van der Waals surface area (Å²) in [4.78, 5) is 15.7. The van der Waals surface area contributed by atoms with E-state index in [0.29, 0.717) is 5.91 Å². The lowest BCUT2D eigenvalue weighted by Gasteiger charge is -2.37. The number of ether oxygens (including phenoxy) is 1. The van der Waals surface area contributed by atoms with E-state index in [9.17, 15) is 4.79 Å². The van der Waals surface area contributed by atoms with Crippen LogP contribution < -0.4 is 10.1 Å². The van der Waals surface area contributed by atoms with Crippen LogP contribution in [0.25, 0.3) is 0 Å². The number of hydrogen-bond acceptors (Lipinski definition) is 3. The number of fused-ring (bicyclic) bond motifs is 2. The zero-order valence-corrected chi connectivity index (χ0v) is 17.0. The minimum absolute atomic E-state index is 0. The highest BCUT2D eigenvalue weighted by Crippen LogP contribution is 2.62. The lowest BCUT2D eigenvalue weighted by molar-refractivity contribution is -0.136. The van der Waals surface area contributed by atoms with Crippen molar-refractivity contribution < 1.29 is 9.53 Å². The van der Waals surface area contributed by atoms with Crippen molar-refractivity contribution in [2.75, 3.05) is 26.7 Å². The lowest BCUT2D eigenvalue weighted by Crippen LogP contribution is -2.49. The number of nitrogens with zero attached hydrogens (tertiary/aromatic N) is 1. The van der Waals surface area contributed by atoms with E-state index < -0.39 is 0 Å². The number of aryl methyl sites for hydroxylation is 1. The minimum Gasteiger partial charge on any atom is -0.496 e. The van der Waals surface area contributed by atoms with Crippen molar-refractivity contribution >= 4 is 18.3 Å². The van der Waals surface area contributed by atoms with Gasteiger partial charge in [-0.25, -0.2) is 0 Å². The average molecular weight is 399 g/mol. The zero-order chi connectivity index (χ0) is 18.4. The van der Waals surface area contributed by atoms with Crippen LogP contribution >= 0.6 is 12.4 Å². The lowest BCUT2D eigenvalue weighted by atomic mass is 9.94. The molecule has 28 heavy (non-hydrogen) atoms. The van der Waals surface area contributed by atoms with Crippen molar-refractivity contribution in [2.24, 2.45) is 5.92 Å². The van der Waals surface area contributed by atoms with Crippen molar-refractivity contribution in [1.29, 1.82) is 0 Å². The van der Waals surface area contributed by atoms with E-state index in [1.54, 1.807) is 7.11 Å². The molecule has 4 nitrogen and oxygen atoms in total. The maximum Gasteiger partial charge on any atom is 0.227 e. The Labute approximate surface area is 172 Å². The third-order valence-corrected chi connectivity index (χ3v) is 6.79. The number of carbonyl (C=O) groups is 1. The molecule has 0 radical (unpaired) electrons. The van der Waals surface area contributed by atoms with Crippen LogP contribution in [-0.4, -0.2) is 37.6 Å². The largest absolute Gasteiger partial charge is 0.496 e. The number of rotatable bonds is 3. The second-order valence-electron chi connectivity index (χ2n) is 8.06. The van der Waals surface area contributed by atoms with E-state index in [-0.39, 0.29) is 29.8 Å². The normalized spacial score (nSPS) is 27.8. The number of hydrogen-bond donors (Lipinski definition) is 1. The molecule has 5 heteroatoms. The van der Waals surface area contributed by atoms with Gasteiger partial charge in [0, 0.05) is 36.5 Å². The van der Waals surface area contributed by atoms with Gasteiger partial charge in [-0.1, -0.05) is 42.5 Å². The predicted octanol–water partition coefficient (Wildman–Crippen LogP) is 3.49. The highest BCUT2D eigenvalue weighted by atomic mass is 35.5. The molecule has 2 aromatic rings. The molecule has 0 aromatic heterocycles. The molecule has 1 heterocycles. The van der Waals surface area contributed by atoms with Crippen molar-refractivity contribution in [3.8, 4) is 5.75 Å². The average Bonchev–Trinajstić information content (AvgIpc) is 3.35. The third kappa shape index (κ3) is 2.90. The SMILES string of the molecule is COc1ccccc1C1CNCCN1C(=O)C1CC12CCc1ccccc12.Cl. The number of carbonyl (C=O) groups excluding carboxylic acids is 1. The van der Waals surface area contributed by atoms with Gasteiger partial charge in [-0.05, 0) is 36.5 Å². The van der Waals surface area contributed by atoms with E-state index in [2.05, 4.69) is 40.5 Å². The molecule has 3 unspecified atom stereocenters. The topological polar surface area (TPSA) is 41.6 Å². The minimum atomic E-state index is 0. The summed E-state index contributed by atoms with van der Waals surface area (Å²) in [6, 6.07) is 16.8. The number of halogens is 1. The number of methoxy groups -OCH3 is 1. The van der Waals surface area contributed by atoms with E-state index in [0.717, 1.165) is 50.2 Å². The van der Waals surface area contributed by atoms with Gasteiger partial charge in [0.15, 0.2) is 0 Å². The molecule has 1 saturated carbocycles. The second kappa shape index (κ2) is 7.41. The summed E-state index contributed by atoms with van der Waals surface area (Å²) >= 11 is 0. The van der Waals surface area contributed by atoms with Gasteiger partial charge in [-0.3, -0.25) is 4.79 Å². The fraction of sp³-hybridized carbons (Fsp3) is 0.435. The van der Waals surface area contributed by atoms with Crippen LogP contribution in [0.4, 0.5) is 0 Å². The first-order valence-electron chi connectivity index (χ1n) is 9.97. The molecule has 1 saturated heterocycles. The second-order valence-corrected chi connectivity index (χ2v) is 8.06. The van der Waals surface area contributed by atoms with Crippen LogP contribution in [-0.2, 0) is 16.6 Å². The van der Waals surface area contributed by atoms with Crippen molar-refractivity contribution in [3.63, 3.8) is 0 Å². The zero-order valence-electron chi connectivity index (χ0n) is 16.2. The Morgan fingerprint density at radius 2 is 1.96 bits per heavy atom. The van der Waals surface area contributed by atoms with Crippen LogP contribution in [0, 0.1) is 5.92 Å². The summed E-state index contributed by atoms with van der Waals surface area (Å²) in [7, 11) is 1.70. The first-order chi connectivity index (χ1) is 13.2. The Kier molecular flexibility index (Phi) is 5.11. The van der Waals surface area contributed by atoms with Crippen LogP contribution in [0.1, 0.15) is 35.6 Å². The standard InChI is InChI=1S/C23H26N2O2.ClH/c1-27-21-9-5-3-7-17(21)20-15-24-12-13-25(20)22(26)19-14-23(19)11-10-16-6-2-4-8-18(16)23;/h2-9,19-20,24H,10-15H2,1H3;1H. The van der Waals surface area contributed by atoms with Gasteiger partial charge in [0.25, 0.3) is 0 Å². The van der Waals surface area contributed by atoms with Crippen molar-refractivity contribution in [3.05, 3.63) is 65.2 Å². The van der Waals surface area contributed by atoms with Crippen LogP contribution in [0.5, 0.6) is 5.75 Å². The molecule has 5 rings (SSSR count). The summed E-state index contributed by atoms with van der Waals surface area (Å²) in [5, 5.41) is 3.46. The summed E-state index contributed by atoms with van der Waals surface area (Å²) < 4.78 is 5.58. The first-order valence-corrected chi connectivity index (χ1v) is 9.97. The fourth-order valence-corrected chi connectivity index (χ4v) is 5.31. The van der Waals surface area contributed by atoms with Gasteiger partial charge < -0.3 is 15.0 Å². The van der Waals surface area contributed by atoms with Crippen molar-refractivity contribution in [1.82, 2.24) is 10.2 Å². The van der Waals surface area contributed by atoms with E-state index in [4.69, 9.17) is 4.74 Å². The molecule has 1 amide bonds. The summed E-state index contributed by atoms with van der Waals surface area (Å²) in [6.45, 7) is 2.39. The van der Waals surface area contributed by atoms with Gasteiger partial charge in [-0.2, -0.15) is 0 Å². The quantitative estimate of drug-likeness (QED) is 0.860. The molecule has 3 aliphatic rings. The Balaban J connectivity index is 0.00000192. The molecule has 3 atom stereocenters. The van der Waals surface area contributed by atoms with E-state index in [1.165, 1.54) is 11.1 Å². The van der Waals surface area contributed by atoms with Gasteiger partial charge in [0.2, 0.25) is 5.91 Å². The molecule has 2 aromatic carbocycles. The summed E-state index contributed by atoms with van der Waals surface area (Å²) in [5.74, 6) is 1.32. The number of nitrogens with one attached hydrogen (secondary N) is 1.